The molecular formula is C19H21Cl2NO3. The van der Waals surface area contributed by atoms with Crippen molar-refractivity contribution in [2.45, 2.75) is 12.6 Å². The summed E-state index contributed by atoms with van der Waals surface area (Å²) in [5, 5.41) is 1.10. The van der Waals surface area contributed by atoms with Crippen molar-refractivity contribution in [1.29, 1.82) is 0 Å². The Morgan fingerprint density at radius 3 is 2.44 bits per heavy atom. The van der Waals surface area contributed by atoms with E-state index in [2.05, 4.69) is 4.90 Å². The largest absolute Gasteiger partial charge is 0.496 e. The summed E-state index contributed by atoms with van der Waals surface area (Å²) in [6.07, 6.45) is -0.0378. The smallest absolute Gasteiger partial charge is 0.127 e. The Hall–Kier alpha value is -1.46. The SMILES string of the molecule is COc1cccc(OC)c1CN1CCOC(c2ccc(Cl)c(Cl)c2)C1. The van der Waals surface area contributed by atoms with E-state index in [4.69, 9.17) is 37.4 Å². The van der Waals surface area contributed by atoms with Gasteiger partial charge < -0.3 is 14.2 Å². The van der Waals surface area contributed by atoms with Crippen molar-refractivity contribution in [2.75, 3.05) is 33.9 Å². The molecule has 0 N–H and O–H groups in total. The van der Waals surface area contributed by atoms with E-state index in [0.29, 0.717) is 16.7 Å². The van der Waals surface area contributed by atoms with Crippen LogP contribution >= 0.6 is 23.2 Å². The maximum absolute atomic E-state index is 6.14. The number of benzene rings is 2. The predicted octanol–water partition coefficient (Wildman–Crippen LogP) is 4.58. The lowest BCUT2D eigenvalue weighted by atomic mass is 10.1. The molecule has 1 fully saturated rings. The summed E-state index contributed by atoms with van der Waals surface area (Å²) in [4.78, 5) is 2.33. The minimum atomic E-state index is -0.0378. The third kappa shape index (κ3) is 4.21. The summed E-state index contributed by atoms with van der Waals surface area (Å²) in [6.45, 7) is 2.99. The first kappa shape index (κ1) is 18.3. The maximum atomic E-state index is 6.14. The van der Waals surface area contributed by atoms with Gasteiger partial charge in [0.05, 0.1) is 42.5 Å². The molecule has 0 bridgehead atoms. The Labute approximate surface area is 158 Å². The molecule has 25 heavy (non-hydrogen) atoms. The summed E-state index contributed by atoms with van der Waals surface area (Å²) in [7, 11) is 3.35. The molecule has 134 valence electrons. The highest BCUT2D eigenvalue weighted by Gasteiger charge is 2.24. The molecular weight excluding hydrogens is 361 g/mol. The molecule has 2 aromatic rings. The quantitative estimate of drug-likeness (QED) is 0.757. The second-order valence-electron chi connectivity index (χ2n) is 5.91. The van der Waals surface area contributed by atoms with Crippen molar-refractivity contribution in [2.24, 2.45) is 0 Å². The second kappa shape index (κ2) is 8.28. The van der Waals surface area contributed by atoms with Crippen molar-refractivity contribution in [3.05, 3.63) is 57.6 Å². The monoisotopic (exact) mass is 381 g/mol. The van der Waals surface area contributed by atoms with Crippen LogP contribution in [0.3, 0.4) is 0 Å². The van der Waals surface area contributed by atoms with E-state index < -0.39 is 0 Å². The summed E-state index contributed by atoms with van der Waals surface area (Å²) in [5.74, 6) is 1.66. The van der Waals surface area contributed by atoms with Crippen LogP contribution < -0.4 is 9.47 Å². The van der Waals surface area contributed by atoms with Crippen molar-refractivity contribution < 1.29 is 14.2 Å². The number of nitrogens with zero attached hydrogens (tertiary/aromatic N) is 1. The number of morpholine rings is 1. The van der Waals surface area contributed by atoms with Crippen LogP contribution in [0.25, 0.3) is 0 Å². The highest BCUT2D eigenvalue weighted by molar-refractivity contribution is 6.42. The van der Waals surface area contributed by atoms with Crippen LogP contribution in [-0.4, -0.2) is 38.8 Å². The Morgan fingerprint density at radius 1 is 1.08 bits per heavy atom. The first-order valence-corrected chi connectivity index (χ1v) is 8.86. The number of ether oxygens (including phenoxy) is 3. The first-order valence-electron chi connectivity index (χ1n) is 8.11. The Morgan fingerprint density at radius 2 is 1.80 bits per heavy atom. The maximum Gasteiger partial charge on any atom is 0.127 e. The van der Waals surface area contributed by atoms with Gasteiger partial charge in [-0.3, -0.25) is 4.90 Å². The van der Waals surface area contributed by atoms with Crippen LogP contribution in [0.15, 0.2) is 36.4 Å². The molecule has 1 heterocycles. The molecule has 2 aromatic carbocycles. The third-order valence-corrected chi connectivity index (χ3v) is 5.12. The van der Waals surface area contributed by atoms with Gasteiger partial charge >= 0.3 is 0 Å². The van der Waals surface area contributed by atoms with Gasteiger partial charge in [-0.25, -0.2) is 0 Å². The summed E-state index contributed by atoms with van der Waals surface area (Å²) in [6, 6.07) is 11.5. The molecule has 1 aliphatic heterocycles. The molecule has 0 radical (unpaired) electrons. The van der Waals surface area contributed by atoms with Gasteiger partial charge in [0.25, 0.3) is 0 Å². The van der Waals surface area contributed by atoms with Crippen LogP contribution in [0, 0.1) is 0 Å². The highest BCUT2D eigenvalue weighted by Crippen LogP contribution is 2.33. The fourth-order valence-electron chi connectivity index (χ4n) is 3.07. The molecule has 1 atom stereocenters. The Kier molecular flexibility index (Phi) is 6.07. The number of halogens is 2. The molecule has 0 aromatic heterocycles. The number of rotatable bonds is 5. The fourth-order valence-corrected chi connectivity index (χ4v) is 3.37. The lowest BCUT2D eigenvalue weighted by molar-refractivity contribution is -0.0332. The number of hydrogen-bond acceptors (Lipinski definition) is 4. The van der Waals surface area contributed by atoms with Crippen LogP contribution in [0.4, 0.5) is 0 Å². The van der Waals surface area contributed by atoms with Crippen molar-refractivity contribution in [3.63, 3.8) is 0 Å². The van der Waals surface area contributed by atoms with Crippen molar-refractivity contribution >= 4 is 23.2 Å². The Balaban J connectivity index is 1.77. The van der Waals surface area contributed by atoms with E-state index in [-0.39, 0.29) is 6.10 Å². The van der Waals surface area contributed by atoms with Crippen LogP contribution in [0.2, 0.25) is 10.0 Å². The van der Waals surface area contributed by atoms with E-state index >= 15 is 0 Å². The first-order chi connectivity index (χ1) is 12.1. The van der Waals surface area contributed by atoms with E-state index in [1.807, 2.05) is 36.4 Å². The Bertz CT molecular complexity index is 716. The normalized spacial score (nSPS) is 18.2. The topological polar surface area (TPSA) is 30.9 Å². The minimum Gasteiger partial charge on any atom is -0.496 e. The van der Waals surface area contributed by atoms with Crippen LogP contribution in [0.1, 0.15) is 17.2 Å². The standard InChI is InChI=1S/C19H21Cl2NO3/c1-23-17-4-3-5-18(24-2)14(17)11-22-8-9-25-19(12-22)13-6-7-15(20)16(21)10-13/h3-7,10,19H,8-9,11-12H2,1-2H3. The van der Waals surface area contributed by atoms with Crippen LogP contribution in [0.5, 0.6) is 11.5 Å². The van der Waals surface area contributed by atoms with Gasteiger partial charge in [-0.15, -0.1) is 0 Å². The fraction of sp³-hybridized carbons (Fsp3) is 0.368. The molecule has 6 heteroatoms. The summed E-state index contributed by atoms with van der Waals surface area (Å²) >= 11 is 12.2. The average Bonchev–Trinajstić information content (AvgIpc) is 2.64. The second-order valence-corrected chi connectivity index (χ2v) is 6.72. The molecule has 1 aliphatic rings. The molecule has 0 saturated carbocycles. The van der Waals surface area contributed by atoms with Crippen LogP contribution in [-0.2, 0) is 11.3 Å². The molecule has 0 amide bonds. The zero-order valence-electron chi connectivity index (χ0n) is 14.3. The van der Waals surface area contributed by atoms with E-state index in [9.17, 15) is 0 Å². The van der Waals surface area contributed by atoms with Gasteiger partial charge in [-0.1, -0.05) is 35.3 Å². The molecule has 0 aliphatic carbocycles. The highest BCUT2D eigenvalue weighted by atomic mass is 35.5. The van der Waals surface area contributed by atoms with Gasteiger partial charge in [0.15, 0.2) is 0 Å². The van der Waals surface area contributed by atoms with E-state index in [0.717, 1.165) is 42.3 Å². The number of hydrogen-bond donors (Lipinski definition) is 0. The summed E-state index contributed by atoms with van der Waals surface area (Å²) in [5.41, 5.74) is 2.08. The lowest BCUT2D eigenvalue weighted by Gasteiger charge is -2.33. The van der Waals surface area contributed by atoms with E-state index in [1.165, 1.54) is 0 Å². The van der Waals surface area contributed by atoms with Crippen molar-refractivity contribution in [1.82, 2.24) is 4.90 Å². The lowest BCUT2D eigenvalue weighted by Crippen LogP contribution is -2.38. The average molecular weight is 382 g/mol. The molecule has 1 unspecified atom stereocenters. The van der Waals surface area contributed by atoms with Gasteiger partial charge in [-0.2, -0.15) is 0 Å². The molecule has 4 nitrogen and oxygen atoms in total. The third-order valence-electron chi connectivity index (χ3n) is 4.38. The zero-order valence-corrected chi connectivity index (χ0v) is 15.8. The van der Waals surface area contributed by atoms with E-state index in [1.54, 1.807) is 14.2 Å². The van der Waals surface area contributed by atoms with Gasteiger partial charge in [0.2, 0.25) is 0 Å². The molecule has 3 rings (SSSR count). The van der Waals surface area contributed by atoms with Gasteiger partial charge in [-0.05, 0) is 29.8 Å². The summed E-state index contributed by atoms with van der Waals surface area (Å²) < 4.78 is 16.9. The predicted molar refractivity (Wildman–Crippen MR) is 100.0 cm³/mol. The molecule has 0 spiro atoms. The minimum absolute atomic E-state index is 0.0378. The zero-order chi connectivity index (χ0) is 17.8. The number of methoxy groups -OCH3 is 2. The van der Waals surface area contributed by atoms with Crippen molar-refractivity contribution in [3.8, 4) is 11.5 Å². The van der Waals surface area contributed by atoms with Gasteiger partial charge in [0, 0.05) is 19.6 Å². The van der Waals surface area contributed by atoms with Gasteiger partial charge in [0.1, 0.15) is 11.5 Å². The molecule has 1 saturated heterocycles.